The zero-order chi connectivity index (χ0) is 11.6. The number of alkyl halides is 2. The van der Waals surface area contributed by atoms with Gasteiger partial charge in [0, 0.05) is 0 Å². The summed E-state index contributed by atoms with van der Waals surface area (Å²) in [6.45, 7) is 0. The molecule has 0 aliphatic rings. The molecule has 1 N–H and O–H groups in total. The molecule has 0 unspecified atom stereocenters. The average Bonchev–Trinajstić information content (AvgIpc) is 2.16. The number of pyridine rings is 1. The van der Waals surface area contributed by atoms with Gasteiger partial charge in [-0.2, -0.15) is 5.26 Å². The quantitative estimate of drug-likeness (QED) is 0.668. The number of halogens is 3. The second-order valence-corrected chi connectivity index (χ2v) is 3.50. The molecule has 15 heavy (non-hydrogen) atoms. The first-order chi connectivity index (χ1) is 6.97. The summed E-state index contributed by atoms with van der Waals surface area (Å²) in [7, 11) is 0. The van der Waals surface area contributed by atoms with E-state index in [1.54, 1.807) is 28.7 Å². The zero-order valence-corrected chi connectivity index (χ0v) is 9.20. The zero-order valence-electron chi connectivity index (χ0n) is 7.04. The number of hydrogen-bond donors (Lipinski definition) is 1. The third-order valence-electron chi connectivity index (χ3n) is 1.56. The molecule has 1 heterocycles. The fourth-order valence-corrected chi connectivity index (χ4v) is 1.61. The van der Waals surface area contributed by atoms with Gasteiger partial charge in [-0.05, 0) is 28.7 Å². The van der Waals surface area contributed by atoms with Crippen molar-refractivity contribution in [2.45, 2.75) is 6.43 Å². The molecule has 0 saturated heterocycles. The fraction of sp³-hybridized carbons (Fsp3) is 0.125. The van der Waals surface area contributed by atoms with Gasteiger partial charge < -0.3 is 5.11 Å². The highest BCUT2D eigenvalue weighted by atomic mass is 127. The third kappa shape index (κ3) is 2.38. The summed E-state index contributed by atoms with van der Waals surface area (Å²) >= 11 is 1.55. The topological polar surface area (TPSA) is 74.0 Å². The summed E-state index contributed by atoms with van der Waals surface area (Å²) < 4.78 is 24.5. The van der Waals surface area contributed by atoms with E-state index in [2.05, 4.69) is 4.98 Å². The molecule has 0 aliphatic heterocycles. The molecule has 0 atom stereocenters. The van der Waals surface area contributed by atoms with Crippen LogP contribution >= 0.6 is 22.6 Å². The lowest BCUT2D eigenvalue weighted by molar-refractivity contribution is 0.0695. The van der Waals surface area contributed by atoms with Gasteiger partial charge in [-0.1, -0.05) is 0 Å². The Morgan fingerprint density at radius 2 is 2.27 bits per heavy atom. The molecule has 0 saturated carbocycles. The lowest BCUT2D eigenvalue weighted by atomic mass is 10.1. The maximum Gasteiger partial charge on any atom is 0.337 e. The highest BCUT2D eigenvalue weighted by molar-refractivity contribution is 14.1. The van der Waals surface area contributed by atoms with Crippen LogP contribution in [0.3, 0.4) is 0 Å². The Kier molecular flexibility index (Phi) is 3.52. The maximum atomic E-state index is 12.3. The molecule has 1 aromatic heterocycles. The molecule has 1 aromatic rings. The number of nitriles is 1. The number of aromatic nitrogens is 1. The Hall–Kier alpha value is -1.30. The van der Waals surface area contributed by atoms with Crippen LogP contribution in [0, 0.1) is 15.0 Å². The number of carbonyl (C=O) groups is 1. The predicted octanol–water partition coefficient (Wildman–Crippen LogP) is 2.19. The van der Waals surface area contributed by atoms with Crippen molar-refractivity contribution in [1.82, 2.24) is 4.98 Å². The first-order valence-electron chi connectivity index (χ1n) is 3.59. The van der Waals surface area contributed by atoms with Crippen LogP contribution < -0.4 is 0 Å². The van der Waals surface area contributed by atoms with Crippen molar-refractivity contribution in [2.75, 3.05) is 0 Å². The number of carboxylic acid groups (broad SMARTS) is 1. The third-order valence-corrected chi connectivity index (χ3v) is 2.34. The van der Waals surface area contributed by atoms with Gasteiger partial charge >= 0.3 is 5.97 Å². The van der Waals surface area contributed by atoms with E-state index >= 15 is 0 Å². The van der Waals surface area contributed by atoms with E-state index in [-0.39, 0.29) is 9.26 Å². The van der Waals surface area contributed by atoms with Crippen molar-refractivity contribution in [1.29, 1.82) is 5.26 Å². The monoisotopic (exact) mass is 324 g/mol. The molecule has 0 spiro atoms. The maximum absolute atomic E-state index is 12.3. The molecule has 0 bridgehead atoms. The highest BCUT2D eigenvalue weighted by Crippen LogP contribution is 2.22. The van der Waals surface area contributed by atoms with Gasteiger partial charge in [0.05, 0.1) is 11.1 Å². The summed E-state index contributed by atoms with van der Waals surface area (Å²) in [5.74, 6) is -1.42. The Morgan fingerprint density at radius 1 is 1.67 bits per heavy atom. The summed E-state index contributed by atoms with van der Waals surface area (Å²) in [5.41, 5.74) is -1.30. The molecule has 78 valence electrons. The Balaban J connectivity index is 3.47. The van der Waals surface area contributed by atoms with Crippen LogP contribution in [0.2, 0.25) is 0 Å². The van der Waals surface area contributed by atoms with Gasteiger partial charge in [-0.3, -0.25) is 0 Å². The molecule has 7 heteroatoms. The summed E-state index contributed by atoms with van der Waals surface area (Å²) in [4.78, 5) is 14.1. The largest absolute Gasteiger partial charge is 0.478 e. The van der Waals surface area contributed by atoms with Crippen molar-refractivity contribution in [3.63, 3.8) is 0 Å². The van der Waals surface area contributed by atoms with Crippen molar-refractivity contribution in [3.8, 4) is 6.07 Å². The lowest BCUT2D eigenvalue weighted by Gasteiger charge is -2.04. The molecule has 0 fully saturated rings. The minimum atomic E-state index is -2.86. The molecular weight excluding hydrogens is 321 g/mol. The Labute approximate surface area is 96.7 Å². The van der Waals surface area contributed by atoms with E-state index in [9.17, 15) is 13.6 Å². The molecule has 1 rings (SSSR count). The Bertz CT molecular complexity index is 457. The van der Waals surface area contributed by atoms with Crippen LogP contribution in [-0.2, 0) is 0 Å². The van der Waals surface area contributed by atoms with Crippen LogP contribution in [0.4, 0.5) is 8.78 Å². The number of nitrogens with zero attached hydrogens (tertiary/aromatic N) is 2. The number of hydrogen-bond acceptors (Lipinski definition) is 3. The van der Waals surface area contributed by atoms with Crippen molar-refractivity contribution in [3.05, 3.63) is 26.6 Å². The van der Waals surface area contributed by atoms with Gasteiger partial charge in [0.15, 0.2) is 0 Å². The number of rotatable bonds is 2. The average molecular weight is 324 g/mol. The molecular formula is C8H3F2IN2O2. The lowest BCUT2D eigenvalue weighted by Crippen LogP contribution is -2.06. The molecule has 0 aliphatic carbocycles. The van der Waals surface area contributed by atoms with E-state index in [4.69, 9.17) is 10.4 Å². The van der Waals surface area contributed by atoms with Crippen LogP contribution in [0.5, 0.6) is 0 Å². The van der Waals surface area contributed by atoms with Crippen LogP contribution in [0.15, 0.2) is 6.07 Å². The van der Waals surface area contributed by atoms with Crippen LogP contribution in [0.1, 0.15) is 28.0 Å². The van der Waals surface area contributed by atoms with Crippen molar-refractivity contribution < 1.29 is 18.7 Å². The SMILES string of the molecule is N#Cc1c(C(=O)O)cc(C(F)F)nc1I. The van der Waals surface area contributed by atoms with Gasteiger partial charge in [0.1, 0.15) is 15.5 Å². The molecule has 0 amide bonds. The van der Waals surface area contributed by atoms with Crippen molar-refractivity contribution >= 4 is 28.6 Å². The summed E-state index contributed by atoms with van der Waals surface area (Å²) in [6.07, 6.45) is -2.86. The minimum absolute atomic E-state index is 0.0368. The molecule has 4 nitrogen and oxygen atoms in total. The van der Waals surface area contributed by atoms with Gasteiger partial charge in [0.2, 0.25) is 0 Å². The van der Waals surface area contributed by atoms with Crippen molar-refractivity contribution in [2.24, 2.45) is 0 Å². The van der Waals surface area contributed by atoms with E-state index in [1.807, 2.05) is 0 Å². The smallest absolute Gasteiger partial charge is 0.337 e. The second-order valence-electron chi connectivity index (χ2n) is 2.48. The predicted molar refractivity (Wildman–Crippen MR) is 53.6 cm³/mol. The molecule has 0 aromatic carbocycles. The second kappa shape index (κ2) is 4.48. The number of aromatic carboxylic acids is 1. The fourth-order valence-electron chi connectivity index (χ4n) is 0.920. The summed E-state index contributed by atoms with van der Waals surface area (Å²) in [5, 5.41) is 17.3. The van der Waals surface area contributed by atoms with E-state index < -0.39 is 23.7 Å². The van der Waals surface area contributed by atoms with E-state index in [0.29, 0.717) is 6.07 Å². The molecule has 0 radical (unpaired) electrons. The first kappa shape index (κ1) is 11.8. The van der Waals surface area contributed by atoms with Gasteiger partial charge in [0.25, 0.3) is 6.43 Å². The normalized spacial score (nSPS) is 10.1. The summed E-state index contributed by atoms with van der Waals surface area (Å²) in [6, 6.07) is 2.33. The standard InChI is InChI=1S/C8H3F2IN2O2/c9-6(10)5-1-3(8(14)15)4(2-12)7(11)13-5/h1,6H,(H,14,15). The van der Waals surface area contributed by atoms with Crippen LogP contribution in [-0.4, -0.2) is 16.1 Å². The first-order valence-corrected chi connectivity index (χ1v) is 4.67. The van der Waals surface area contributed by atoms with E-state index in [0.717, 1.165) is 0 Å². The van der Waals surface area contributed by atoms with E-state index in [1.165, 1.54) is 0 Å². The number of carboxylic acids is 1. The van der Waals surface area contributed by atoms with Crippen LogP contribution in [0.25, 0.3) is 0 Å². The minimum Gasteiger partial charge on any atom is -0.478 e. The highest BCUT2D eigenvalue weighted by Gasteiger charge is 2.19. The van der Waals surface area contributed by atoms with Gasteiger partial charge in [-0.25, -0.2) is 18.6 Å². The van der Waals surface area contributed by atoms with Gasteiger partial charge in [-0.15, -0.1) is 0 Å². The Morgan fingerprint density at radius 3 is 2.67 bits per heavy atom.